The van der Waals surface area contributed by atoms with E-state index in [2.05, 4.69) is 15.3 Å². The first-order valence-corrected chi connectivity index (χ1v) is 9.48. The molecular formula is C19H10Cl4N4O2. The van der Waals surface area contributed by atoms with Crippen LogP contribution in [0.2, 0.25) is 20.2 Å². The SMILES string of the molecule is Cc1cc(Oc2ncccc2C#N)ccc1NC(=O)c1nc(Cl)c(Cl)c(Cl)c1Cl. The number of nitrogens with zero attached hydrogens (tertiary/aromatic N) is 3. The molecule has 0 saturated heterocycles. The molecular weight excluding hydrogens is 458 g/mol. The number of aromatic nitrogens is 2. The number of hydrogen-bond donors (Lipinski definition) is 1. The molecule has 0 bridgehead atoms. The Balaban J connectivity index is 1.83. The van der Waals surface area contributed by atoms with Crippen LogP contribution in [-0.2, 0) is 0 Å². The molecule has 0 aliphatic rings. The van der Waals surface area contributed by atoms with Crippen molar-refractivity contribution in [1.82, 2.24) is 9.97 Å². The van der Waals surface area contributed by atoms with E-state index in [1.807, 2.05) is 6.07 Å². The third kappa shape index (κ3) is 4.55. The lowest BCUT2D eigenvalue weighted by atomic mass is 10.2. The van der Waals surface area contributed by atoms with Crippen molar-refractivity contribution in [2.45, 2.75) is 6.92 Å². The molecule has 2 heterocycles. The molecule has 0 spiro atoms. The maximum Gasteiger partial charge on any atom is 0.275 e. The minimum atomic E-state index is -0.608. The fourth-order valence-electron chi connectivity index (χ4n) is 2.33. The van der Waals surface area contributed by atoms with Crippen molar-refractivity contribution in [2.75, 3.05) is 5.32 Å². The van der Waals surface area contributed by atoms with E-state index in [-0.39, 0.29) is 31.8 Å². The van der Waals surface area contributed by atoms with Crippen molar-refractivity contribution in [3.8, 4) is 17.7 Å². The fraction of sp³-hybridized carbons (Fsp3) is 0.0526. The molecule has 1 aromatic carbocycles. The zero-order valence-electron chi connectivity index (χ0n) is 14.6. The molecule has 1 N–H and O–H groups in total. The van der Waals surface area contributed by atoms with Gasteiger partial charge in [0.25, 0.3) is 5.91 Å². The van der Waals surface area contributed by atoms with Crippen LogP contribution in [-0.4, -0.2) is 15.9 Å². The first kappa shape index (κ1) is 21.2. The summed E-state index contributed by atoms with van der Waals surface area (Å²) in [5, 5.41) is 11.5. The van der Waals surface area contributed by atoms with Crippen LogP contribution in [0.15, 0.2) is 36.5 Å². The number of nitriles is 1. The Morgan fingerprint density at radius 1 is 1.14 bits per heavy atom. The van der Waals surface area contributed by atoms with Crippen molar-refractivity contribution in [3.05, 3.63) is 73.6 Å². The van der Waals surface area contributed by atoms with Crippen LogP contribution in [0.5, 0.6) is 11.6 Å². The number of carbonyl (C=O) groups excluding carboxylic acids is 1. The average molecular weight is 468 g/mol. The van der Waals surface area contributed by atoms with E-state index in [4.69, 9.17) is 56.4 Å². The zero-order valence-corrected chi connectivity index (χ0v) is 17.7. The Labute approximate surface area is 186 Å². The maximum atomic E-state index is 12.6. The molecule has 0 aliphatic heterocycles. The summed E-state index contributed by atoms with van der Waals surface area (Å²) < 4.78 is 5.66. The molecule has 0 atom stereocenters. The summed E-state index contributed by atoms with van der Waals surface area (Å²) in [6.07, 6.45) is 1.52. The van der Waals surface area contributed by atoms with E-state index in [0.717, 1.165) is 0 Å². The predicted octanol–water partition coefficient (Wildman–Crippen LogP) is 6.31. The normalized spacial score (nSPS) is 10.3. The van der Waals surface area contributed by atoms with Gasteiger partial charge in [0.15, 0.2) is 0 Å². The van der Waals surface area contributed by atoms with Gasteiger partial charge in [-0.15, -0.1) is 0 Å². The number of ether oxygens (including phenoxy) is 1. The summed E-state index contributed by atoms with van der Waals surface area (Å²) in [6, 6.07) is 10.2. The minimum Gasteiger partial charge on any atom is -0.438 e. The van der Waals surface area contributed by atoms with E-state index < -0.39 is 5.91 Å². The zero-order chi connectivity index (χ0) is 21.1. The largest absolute Gasteiger partial charge is 0.438 e. The van der Waals surface area contributed by atoms with Gasteiger partial charge in [0, 0.05) is 11.9 Å². The minimum absolute atomic E-state index is 0.0289. The number of hydrogen-bond acceptors (Lipinski definition) is 5. The number of benzene rings is 1. The summed E-state index contributed by atoms with van der Waals surface area (Å²) in [7, 11) is 0. The van der Waals surface area contributed by atoms with Gasteiger partial charge in [-0.3, -0.25) is 4.79 Å². The smallest absolute Gasteiger partial charge is 0.275 e. The van der Waals surface area contributed by atoms with Crippen molar-refractivity contribution in [1.29, 1.82) is 5.26 Å². The average Bonchev–Trinajstić information content (AvgIpc) is 2.71. The quantitative estimate of drug-likeness (QED) is 0.454. The molecule has 0 radical (unpaired) electrons. The van der Waals surface area contributed by atoms with Gasteiger partial charge in [-0.05, 0) is 42.8 Å². The van der Waals surface area contributed by atoms with Gasteiger partial charge in [0.1, 0.15) is 28.2 Å². The van der Waals surface area contributed by atoms with Gasteiger partial charge in [-0.1, -0.05) is 46.4 Å². The van der Waals surface area contributed by atoms with Crippen LogP contribution < -0.4 is 10.1 Å². The summed E-state index contributed by atoms with van der Waals surface area (Å²) >= 11 is 23.8. The molecule has 3 aromatic rings. The van der Waals surface area contributed by atoms with Crippen LogP contribution in [0.25, 0.3) is 0 Å². The van der Waals surface area contributed by atoms with Gasteiger partial charge in [-0.2, -0.15) is 5.26 Å². The van der Waals surface area contributed by atoms with Crippen molar-refractivity contribution >= 4 is 58.0 Å². The number of carbonyl (C=O) groups is 1. The lowest BCUT2D eigenvalue weighted by molar-refractivity contribution is 0.102. The van der Waals surface area contributed by atoms with E-state index in [1.165, 1.54) is 6.20 Å². The highest BCUT2D eigenvalue weighted by Gasteiger charge is 2.21. The Morgan fingerprint density at radius 2 is 1.90 bits per heavy atom. The van der Waals surface area contributed by atoms with Crippen molar-refractivity contribution < 1.29 is 9.53 Å². The molecule has 146 valence electrons. The first-order valence-electron chi connectivity index (χ1n) is 7.96. The highest BCUT2D eigenvalue weighted by atomic mass is 35.5. The van der Waals surface area contributed by atoms with Crippen LogP contribution >= 0.6 is 46.4 Å². The third-order valence-electron chi connectivity index (χ3n) is 3.75. The molecule has 0 saturated carbocycles. The second kappa shape index (κ2) is 8.85. The molecule has 3 rings (SSSR count). The van der Waals surface area contributed by atoms with Gasteiger partial charge >= 0.3 is 0 Å². The predicted molar refractivity (Wildman–Crippen MR) is 112 cm³/mol. The standard InChI is InChI=1S/C19H10Cl4N4O2/c1-9-7-11(29-19-10(8-24)3-2-6-25-19)4-5-12(9)26-18(28)16-14(21)13(20)15(22)17(23)27-16/h2-7H,1H3,(H,26,28). The number of aryl methyl sites for hydroxylation is 1. The fourth-order valence-corrected chi connectivity index (χ4v) is 3.14. The van der Waals surface area contributed by atoms with E-state index in [1.54, 1.807) is 37.3 Å². The van der Waals surface area contributed by atoms with Crippen LogP contribution in [0.1, 0.15) is 21.6 Å². The second-order valence-corrected chi connectivity index (χ2v) is 7.19. The van der Waals surface area contributed by atoms with Crippen molar-refractivity contribution in [2.24, 2.45) is 0 Å². The topological polar surface area (TPSA) is 87.9 Å². The van der Waals surface area contributed by atoms with Crippen LogP contribution in [0, 0.1) is 18.3 Å². The molecule has 0 fully saturated rings. The molecule has 0 unspecified atom stereocenters. The molecule has 10 heteroatoms. The number of halogens is 4. The van der Waals surface area contributed by atoms with E-state index in [9.17, 15) is 4.79 Å². The third-order valence-corrected chi connectivity index (χ3v) is 5.43. The highest BCUT2D eigenvalue weighted by molar-refractivity contribution is 6.52. The lowest BCUT2D eigenvalue weighted by Crippen LogP contribution is -2.15. The molecule has 29 heavy (non-hydrogen) atoms. The lowest BCUT2D eigenvalue weighted by Gasteiger charge is -2.12. The summed E-state index contributed by atoms with van der Waals surface area (Å²) in [5.41, 5.74) is 1.33. The van der Waals surface area contributed by atoms with Gasteiger partial charge < -0.3 is 10.1 Å². The van der Waals surface area contributed by atoms with E-state index >= 15 is 0 Å². The van der Waals surface area contributed by atoms with Crippen LogP contribution in [0.3, 0.4) is 0 Å². The molecule has 0 aliphatic carbocycles. The Hall–Kier alpha value is -2.56. The van der Waals surface area contributed by atoms with Gasteiger partial charge in [0.2, 0.25) is 5.88 Å². The van der Waals surface area contributed by atoms with Crippen LogP contribution in [0.4, 0.5) is 5.69 Å². The number of nitrogens with one attached hydrogen (secondary N) is 1. The molecule has 6 nitrogen and oxygen atoms in total. The first-order chi connectivity index (χ1) is 13.8. The number of anilines is 1. The number of pyridine rings is 2. The summed E-state index contributed by atoms with van der Waals surface area (Å²) in [4.78, 5) is 20.5. The van der Waals surface area contributed by atoms with Crippen molar-refractivity contribution in [3.63, 3.8) is 0 Å². The number of rotatable bonds is 4. The van der Waals surface area contributed by atoms with Gasteiger partial charge in [0.05, 0.1) is 15.1 Å². The Bertz CT molecular complexity index is 1160. The highest BCUT2D eigenvalue weighted by Crippen LogP contribution is 2.36. The molecule has 2 aromatic heterocycles. The monoisotopic (exact) mass is 466 g/mol. The Morgan fingerprint density at radius 3 is 2.59 bits per heavy atom. The second-order valence-electron chi connectivity index (χ2n) is 5.69. The van der Waals surface area contributed by atoms with Gasteiger partial charge in [-0.25, -0.2) is 9.97 Å². The Kier molecular flexibility index (Phi) is 6.46. The summed E-state index contributed by atoms with van der Waals surface area (Å²) in [5.74, 6) is 0.0285. The maximum absolute atomic E-state index is 12.6. The molecule has 1 amide bonds. The van der Waals surface area contributed by atoms with E-state index in [0.29, 0.717) is 22.6 Å². The number of amides is 1. The summed E-state index contributed by atoms with van der Waals surface area (Å²) in [6.45, 7) is 1.77.